The van der Waals surface area contributed by atoms with Crippen LogP contribution >= 0.6 is 11.3 Å². The van der Waals surface area contributed by atoms with Gasteiger partial charge in [0.25, 0.3) is 5.56 Å². The molecule has 1 aliphatic heterocycles. The van der Waals surface area contributed by atoms with Crippen LogP contribution in [-0.4, -0.2) is 32.7 Å². The number of carbonyl (C=O) groups excluding carboxylic acids is 1. The standard InChI is InChI=1S/C19H18FN5O2S/c1-11(17-23-24-18(28-17)13-3-2-4-14(20)9-13)22-19(27)25-8-6-12-5-7-21-16(26)15(12)10-25/h2-5,7,9,11H,6,8,10H2,1H3,(H,21,26)(H,22,27). The van der Waals surface area contributed by atoms with Crippen LogP contribution in [0.4, 0.5) is 9.18 Å². The number of aromatic nitrogens is 3. The molecule has 2 aromatic heterocycles. The van der Waals surface area contributed by atoms with Gasteiger partial charge in [-0.05, 0) is 37.1 Å². The number of amides is 2. The third-order valence-electron chi connectivity index (χ3n) is 4.67. The summed E-state index contributed by atoms with van der Waals surface area (Å²) in [5.41, 5.74) is 2.09. The molecule has 28 heavy (non-hydrogen) atoms. The maximum atomic E-state index is 13.4. The van der Waals surface area contributed by atoms with Crippen molar-refractivity contribution in [1.29, 1.82) is 0 Å². The molecule has 2 amide bonds. The highest BCUT2D eigenvalue weighted by atomic mass is 32.1. The van der Waals surface area contributed by atoms with E-state index in [1.165, 1.54) is 23.5 Å². The summed E-state index contributed by atoms with van der Waals surface area (Å²) in [6, 6.07) is 7.41. The molecule has 4 rings (SSSR count). The number of nitrogens with one attached hydrogen (secondary N) is 2. The Hall–Kier alpha value is -3.07. The van der Waals surface area contributed by atoms with E-state index in [1.807, 2.05) is 13.0 Å². The Labute approximate surface area is 164 Å². The van der Waals surface area contributed by atoms with Crippen molar-refractivity contribution in [3.8, 4) is 10.6 Å². The first-order valence-electron chi connectivity index (χ1n) is 8.85. The topological polar surface area (TPSA) is 91.0 Å². The van der Waals surface area contributed by atoms with E-state index in [-0.39, 0.29) is 30.0 Å². The van der Waals surface area contributed by atoms with Crippen LogP contribution in [0.5, 0.6) is 0 Å². The Balaban J connectivity index is 1.44. The zero-order valence-electron chi connectivity index (χ0n) is 15.1. The van der Waals surface area contributed by atoms with Crippen molar-refractivity contribution in [2.24, 2.45) is 0 Å². The second-order valence-corrected chi connectivity index (χ2v) is 7.62. The summed E-state index contributed by atoms with van der Waals surface area (Å²) in [7, 11) is 0. The van der Waals surface area contributed by atoms with E-state index < -0.39 is 0 Å². The van der Waals surface area contributed by atoms with Crippen molar-refractivity contribution >= 4 is 17.4 Å². The summed E-state index contributed by atoms with van der Waals surface area (Å²) >= 11 is 1.31. The smallest absolute Gasteiger partial charge is 0.318 e. The molecule has 2 N–H and O–H groups in total. The molecule has 0 bridgehead atoms. The number of carbonyl (C=O) groups is 1. The number of halogens is 1. The summed E-state index contributed by atoms with van der Waals surface area (Å²) in [5.74, 6) is -0.337. The average Bonchev–Trinajstić information content (AvgIpc) is 3.18. The minimum Gasteiger partial charge on any atom is -0.329 e. The van der Waals surface area contributed by atoms with E-state index in [2.05, 4.69) is 20.5 Å². The molecule has 1 unspecified atom stereocenters. The van der Waals surface area contributed by atoms with Gasteiger partial charge in [0.1, 0.15) is 15.8 Å². The number of nitrogens with zero attached hydrogens (tertiary/aromatic N) is 3. The van der Waals surface area contributed by atoms with E-state index in [0.717, 1.165) is 5.56 Å². The monoisotopic (exact) mass is 399 g/mol. The number of hydrogen-bond acceptors (Lipinski definition) is 5. The molecule has 3 heterocycles. The summed E-state index contributed by atoms with van der Waals surface area (Å²) in [4.78, 5) is 28.9. The molecule has 7 nitrogen and oxygen atoms in total. The number of urea groups is 1. The molecule has 0 saturated heterocycles. The van der Waals surface area contributed by atoms with Gasteiger partial charge in [0.05, 0.1) is 12.6 Å². The van der Waals surface area contributed by atoms with Gasteiger partial charge in [0.15, 0.2) is 0 Å². The van der Waals surface area contributed by atoms with Crippen molar-refractivity contribution in [2.45, 2.75) is 25.9 Å². The van der Waals surface area contributed by atoms with Gasteiger partial charge in [-0.2, -0.15) is 0 Å². The van der Waals surface area contributed by atoms with Crippen molar-refractivity contribution in [1.82, 2.24) is 25.4 Å². The molecule has 1 aliphatic rings. The first kappa shape index (κ1) is 18.3. The predicted molar refractivity (Wildman–Crippen MR) is 103 cm³/mol. The molecule has 0 fully saturated rings. The molecular weight excluding hydrogens is 381 g/mol. The summed E-state index contributed by atoms with van der Waals surface area (Å²) in [6.45, 7) is 2.63. The van der Waals surface area contributed by atoms with Crippen LogP contribution < -0.4 is 10.9 Å². The summed E-state index contributed by atoms with van der Waals surface area (Å²) in [5, 5.41) is 12.3. The summed E-state index contributed by atoms with van der Waals surface area (Å²) in [6.07, 6.45) is 2.27. The lowest BCUT2D eigenvalue weighted by atomic mass is 10.0. The van der Waals surface area contributed by atoms with Gasteiger partial charge in [0, 0.05) is 23.9 Å². The Morgan fingerprint density at radius 2 is 2.21 bits per heavy atom. The molecule has 3 aromatic rings. The quantitative estimate of drug-likeness (QED) is 0.709. The van der Waals surface area contributed by atoms with Crippen LogP contribution in [0.2, 0.25) is 0 Å². The van der Waals surface area contributed by atoms with Crippen LogP contribution in [0.25, 0.3) is 10.6 Å². The molecular formula is C19H18FN5O2S. The van der Waals surface area contributed by atoms with E-state index >= 15 is 0 Å². The minimum atomic E-state index is -0.359. The number of pyridine rings is 1. The largest absolute Gasteiger partial charge is 0.329 e. The van der Waals surface area contributed by atoms with Gasteiger partial charge < -0.3 is 15.2 Å². The minimum absolute atomic E-state index is 0.160. The first-order valence-corrected chi connectivity index (χ1v) is 9.67. The van der Waals surface area contributed by atoms with Gasteiger partial charge in [0.2, 0.25) is 0 Å². The van der Waals surface area contributed by atoms with Crippen molar-refractivity contribution < 1.29 is 9.18 Å². The maximum Gasteiger partial charge on any atom is 0.318 e. The van der Waals surface area contributed by atoms with Crippen molar-refractivity contribution in [2.75, 3.05) is 6.54 Å². The second-order valence-electron chi connectivity index (χ2n) is 6.61. The lowest BCUT2D eigenvalue weighted by Crippen LogP contribution is -2.45. The number of fused-ring (bicyclic) bond motifs is 1. The van der Waals surface area contributed by atoms with Crippen LogP contribution in [0.15, 0.2) is 41.3 Å². The van der Waals surface area contributed by atoms with E-state index in [9.17, 15) is 14.0 Å². The highest BCUT2D eigenvalue weighted by Gasteiger charge is 2.24. The number of hydrogen-bond donors (Lipinski definition) is 2. The van der Waals surface area contributed by atoms with Crippen LogP contribution in [0, 0.1) is 5.82 Å². The first-order chi connectivity index (χ1) is 13.5. The number of rotatable bonds is 3. The van der Waals surface area contributed by atoms with Gasteiger partial charge in [-0.15, -0.1) is 10.2 Å². The lowest BCUT2D eigenvalue weighted by Gasteiger charge is -2.29. The Bertz CT molecular complexity index is 1080. The van der Waals surface area contributed by atoms with Gasteiger partial charge in [-0.1, -0.05) is 23.5 Å². The van der Waals surface area contributed by atoms with Gasteiger partial charge in [-0.3, -0.25) is 4.79 Å². The van der Waals surface area contributed by atoms with Gasteiger partial charge in [-0.25, -0.2) is 9.18 Å². The SMILES string of the molecule is CC(NC(=O)N1CCc2cc[nH]c(=O)c2C1)c1nnc(-c2cccc(F)c2)s1. The molecule has 9 heteroatoms. The Morgan fingerprint density at radius 1 is 1.36 bits per heavy atom. The Morgan fingerprint density at radius 3 is 3.04 bits per heavy atom. The lowest BCUT2D eigenvalue weighted by molar-refractivity contribution is 0.188. The molecule has 1 atom stereocenters. The third-order valence-corrected chi connectivity index (χ3v) is 5.83. The number of H-pyrrole nitrogens is 1. The zero-order valence-corrected chi connectivity index (χ0v) is 15.9. The number of aromatic amines is 1. The predicted octanol–water partition coefficient (Wildman–Crippen LogP) is 2.86. The molecule has 0 radical (unpaired) electrons. The third kappa shape index (κ3) is 3.65. The molecule has 1 aromatic carbocycles. The van der Waals surface area contributed by atoms with E-state index in [0.29, 0.717) is 34.1 Å². The number of benzene rings is 1. The highest BCUT2D eigenvalue weighted by Crippen LogP contribution is 2.27. The average molecular weight is 399 g/mol. The van der Waals surface area contributed by atoms with Crippen molar-refractivity contribution in [3.63, 3.8) is 0 Å². The van der Waals surface area contributed by atoms with Crippen molar-refractivity contribution in [3.05, 3.63) is 68.8 Å². The fourth-order valence-corrected chi connectivity index (χ4v) is 3.99. The maximum absolute atomic E-state index is 13.4. The van der Waals surface area contributed by atoms with E-state index in [4.69, 9.17) is 0 Å². The Kier molecular flexibility index (Phi) is 4.91. The molecule has 0 spiro atoms. The fourth-order valence-electron chi connectivity index (χ4n) is 3.14. The van der Waals surface area contributed by atoms with Crippen LogP contribution in [-0.2, 0) is 13.0 Å². The highest BCUT2D eigenvalue weighted by molar-refractivity contribution is 7.14. The molecule has 144 valence electrons. The van der Waals surface area contributed by atoms with E-state index in [1.54, 1.807) is 23.2 Å². The van der Waals surface area contributed by atoms with Crippen LogP contribution in [0.3, 0.4) is 0 Å². The molecule has 0 aliphatic carbocycles. The zero-order chi connectivity index (χ0) is 19.7. The second kappa shape index (κ2) is 7.51. The van der Waals surface area contributed by atoms with Gasteiger partial charge >= 0.3 is 6.03 Å². The fraction of sp³-hybridized carbons (Fsp3) is 0.263. The normalized spacial score (nSPS) is 14.4. The summed E-state index contributed by atoms with van der Waals surface area (Å²) < 4.78 is 13.4. The van der Waals surface area contributed by atoms with Crippen LogP contribution in [0.1, 0.15) is 29.1 Å². The molecule has 0 saturated carbocycles.